The molecule has 1 fully saturated rings. The minimum Gasteiger partial charge on any atom is -0.496 e. The third-order valence-corrected chi connectivity index (χ3v) is 13.6. The van der Waals surface area contributed by atoms with Crippen LogP contribution in [0.5, 0.6) is 5.75 Å². The largest absolute Gasteiger partial charge is 0.496 e. The third kappa shape index (κ3) is 12.4. The normalized spacial score (nSPS) is 16.7. The van der Waals surface area contributed by atoms with Gasteiger partial charge in [-0.3, -0.25) is 34.1 Å². The Morgan fingerprint density at radius 2 is 1.63 bits per heavy atom. The summed E-state index contributed by atoms with van der Waals surface area (Å²) in [7, 11) is 3.36. The van der Waals surface area contributed by atoms with Gasteiger partial charge in [-0.2, -0.15) is 0 Å². The van der Waals surface area contributed by atoms with Gasteiger partial charge in [0, 0.05) is 91.4 Å². The van der Waals surface area contributed by atoms with Gasteiger partial charge < -0.3 is 29.5 Å². The number of nitrogens with one attached hydrogen (secondary N) is 2. The highest BCUT2D eigenvalue weighted by molar-refractivity contribution is 9.10. The van der Waals surface area contributed by atoms with Crippen LogP contribution in [-0.4, -0.2) is 89.6 Å². The van der Waals surface area contributed by atoms with Crippen molar-refractivity contribution < 1.29 is 38.2 Å². The van der Waals surface area contributed by atoms with Gasteiger partial charge in [-0.05, 0) is 68.0 Å². The number of aromatic nitrogens is 2. The first-order chi connectivity index (χ1) is 32.9. The number of piperidine rings is 1. The van der Waals surface area contributed by atoms with Crippen molar-refractivity contribution in [3.63, 3.8) is 0 Å². The van der Waals surface area contributed by atoms with Gasteiger partial charge >= 0.3 is 0 Å². The summed E-state index contributed by atoms with van der Waals surface area (Å²) in [6, 6.07) is 17.8. The molecule has 2 atom stereocenters. The van der Waals surface area contributed by atoms with Gasteiger partial charge in [-0.25, -0.2) is 9.97 Å². The second kappa shape index (κ2) is 23.8. The predicted molar refractivity (Wildman–Crippen MR) is 263 cm³/mol. The van der Waals surface area contributed by atoms with Crippen molar-refractivity contribution in [1.29, 1.82) is 0 Å². The molecule has 0 aliphatic carbocycles. The number of ketones is 1. The molecule has 1 saturated heterocycles. The number of hydrogen-bond donors (Lipinski definition) is 2. The summed E-state index contributed by atoms with van der Waals surface area (Å²) in [5.41, 5.74) is 4.94. The number of unbranched alkanes of at least 4 members (excludes halogenated alkanes) is 7. The Morgan fingerprint density at radius 3 is 2.37 bits per heavy atom. The van der Waals surface area contributed by atoms with Gasteiger partial charge in [0.15, 0.2) is 11.6 Å². The number of Topliss-reactive ketones (excluding diaryl/α,β-unsaturated/α-hetero) is 1. The molecule has 0 spiro atoms. The number of hydrogen-bond acceptors (Lipinski definition) is 11. The van der Waals surface area contributed by atoms with Gasteiger partial charge in [-0.15, -0.1) is 0 Å². The number of halogens is 1. The van der Waals surface area contributed by atoms with E-state index >= 15 is 0 Å². The van der Waals surface area contributed by atoms with Crippen molar-refractivity contribution in [1.82, 2.24) is 20.2 Å². The van der Waals surface area contributed by atoms with E-state index in [1.54, 1.807) is 49.5 Å². The summed E-state index contributed by atoms with van der Waals surface area (Å²) in [4.78, 5) is 91.2. The standard InChI is InChI=1S/C52H62BrN7O8/c1-4-41-52(66)58(2)43-31-54-46(56-49(43)59(41)32-34-19-23-37(53)24-20-34)30-36-22-21-35(29-45(36)67-3)44(61)17-14-28-68-27-12-10-8-6-5-7-9-11-18-47(62)55-40-16-13-15-38-39(40)33-60(51(38)65)42-25-26-48(63)57-50(42)64/h13,15-16,19-24,29,31,41-42H,4-12,14,17-18,25-28,30,32-33H2,1-3H3,(H,55,62)(H,57,63,64)/t41-,42?/m1/s1. The number of anilines is 3. The zero-order chi connectivity index (χ0) is 48.2. The lowest BCUT2D eigenvalue weighted by Crippen LogP contribution is -2.52. The Kier molecular flexibility index (Phi) is 17.5. The Labute approximate surface area is 406 Å². The smallest absolute Gasteiger partial charge is 0.255 e. The molecule has 3 aliphatic rings. The van der Waals surface area contributed by atoms with Gasteiger partial charge in [0.1, 0.15) is 29.3 Å². The quantitative estimate of drug-likeness (QED) is 0.0391. The lowest BCUT2D eigenvalue weighted by Gasteiger charge is -2.40. The summed E-state index contributed by atoms with van der Waals surface area (Å²) in [6.07, 6.45) is 12.8. The first-order valence-corrected chi connectivity index (χ1v) is 24.7. The fourth-order valence-corrected chi connectivity index (χ4v) is 9.47. The zero-order valence-electron chi connectivity index (χ0n) is 39.3. The summed E-state index contributed by atoms with van der Waals surface area (Å²) >= 11 is 3.51. The van der Waals surface area contributed by atoms with E-state index in [0.717, 1.165) is 67.0 Å². The predicted octanol–water partition coefficient (Wildman–Crippen LogP) is 8.49. The molecule has 0 radical (unpaired) electrons. The second-order valence-electron chi connectivity index (χ2n) is 17.8. The van der Waals surface area contributed by atoms with Crippen LogP contribution in [0.2, 0.25) is 0 Å². The fourth-order valence-electron chi connectivity index (χ4n) is 9.21. The van der Waals surface area contributed by atoms with Crippen molar-refractivity contribution in [2.24, 2.45) is 0 Å². The van der Waals surface area contributed by atoms with Crippen molar-refractivity contribution in [2.75, 3.05) is 42.5 Å². The zero-order valence-corrected chi connectivity index (χ0v) is 40.9. The van der Waals surface area contributed by atoms with Crippen LogP contribution in [0.25, 0.3) is 0 Å². The Balaban J connectivity index is 0.752. The molecule has 360 valence electrons. The fraction of sp³-hybridized carbons (Fsp3) is 0.462. The molecule has 4 aromatic rings. The SMILES string of the molecule is CC[C@@H]1C(=O)N(C)c2cnc(Cc3ccc(C(=O)CCCOCCCCCCCCCCC(=O)Nc4cccc5c4CN(C4CCC(=O)NC4=O)C5=O)cc3OC)nc2N1Cc1ccc(Br)cc1. The van der Waals surface area contributed by atoms with Gasteiger partial charge in [-0.1, -0.05) is 91.7 Å². The number of carbonyl (C=O) groups is 6. The number of nitrogens with zero attached hydrogens (tertiary/aromatic N) is 5. The van der Waals surface area contributed by atoms with Gasteiger partial charge in [0.05, 0.1) is 13.3 Å². The van der Waals surface area contributed by atoms with Crippen LogP contribution >= 0.6 is 15.9 Å². The molecule has 4 heterocycles. The lowest BCUT2D eigenvalue weighted by molar-refractivity contribution is -0.137. The molecule has 5 amide bonds. The first kappa shape index (κ1) is 49.9. The number of rotatable bonds is 24. The van der Waals surface area contributed by atoms with Crippen LogP contribution < -0.4 is 25.2 Å². The maximum atomic E-state index is 13.4. The van der Waals surface area contributed by atoms with E-state index in [1.165, 1.54) is 4.90 Å². The number of carbonyl (C=O) groups excluding carboxylic acids is 6. The molecule has 15 nitrogen and oxygen atoms in total. The maximum Gasteiger partial charge on any atom is 0.255 e. The number of methoxy groups -OCH3 is 1. The lowest BCUT2D eigenvalue weighted by atomic mass is 10.0. The molecule has 68 heavy (non-hydrogen) atoms. The summed E-state index contributed by atoms with van der Waals surface area (Å²) in [5.74, 6) is 0.788. The molecule has 16 heteroatoms. The minimum absolute atomic E-state index is 0.0113. The number of amides is 5. The topological polar surface area (TPSA) is 180 Å². The van der Waals surface area contributed by atoms with Crippen LogP contribution in [0.4, 0.5) is 17.2 Å². The average molecular weight is 993 g/mol. The van der Waals surface area contributed by atoms with Crippen LogP contribution in [0.15, 0.2) is 71.3 Å². The van der Waals surface area contributed by atoms with Gasteiger partial charge in [0.25, 0.3) is 5.91 Å². The second-order valence-corrected chi connectivity index (χ2v) is 18.7. The van der Waals surface area contributed by atoms with E-state index in [-0.39, 0.29) is 48.4 Å². The summed E-state index contributed by atoms with van der Waals surface area (Å²) in [6.45, 7) is 3.94. The van der Waals surface area contributed by atoms with Crippen LogP contribution in [-0.2, 0) is 43.4 Å². The summed E-state index contributed by atoms with van der Waals surface area (Å²) < 4.78 is 12.6. The molecule has 0 saturated carbocycles. The van der Waals surface area contributed by atoms with E-state index in [4.69, 9.17) is 14.5 Å². The molecule has 3 aromatic carbocycles. The number of benzene rings is 3. The molecular formula is C52H62BrN7O8. The van der Waals surface area contributed by atoms with Crippen LogP contribution in [0, 0.1) is 0 Å². The highest BCUT2D eigenvalue weighted by Gasteiger charge is 2.40. The van der Waals surface area contributed by atoms with Crippen LogP contribution in [0.1, 0.15) is 140 Å². The maximum absolute atomic E-state index is 13.4. The Hall–Kier alpha value is -6.00. The molecule has 3 aliphatic heterocycles. The highest BCUT2D eigenvalue weighted by atomic mass is 79.9. The van der Waals surface area contributed by atoms with Crippen molar-refractivity contribution >= 4 is 68.4 Å². The Morgan fingerprint density at radius 1 is 0.897 bits per heavy atom. The Bertz CT molecular complexity index is 2480. The molecule has 7 rings (SSSR count). The van der Waals surface area contributed by atoms with Crippen LogP contribution in [0.3, 0.4) is 0 Å². The van der Waals surface area contributed by atoms with Gasteiger partial charge in [0.2, 0.25) is 23.6 Å². The van der Waals surface area contributed by atoms with E-state index in [0.29, 0.717) is 104 Å². The molecule has 0 bridgehead atoms. The average Bonchev–Trinajstić information content (AvgIpc) is 3.67. The number of likely N-dealkylation sites (N-methyl/N-ethyl adjacent to an activating group) is 1. The van der Waals surface area contributed by atoms with Crippen molar-refractivity contribution in [3.8, 4) is 5.75 Å². The minimum atomic E-state index is -0.699. The van der Waals surface area contributed by atoms with Crippen molar-refractivity contribution in [2.45, 2.75) is 128 Å². The molecule has 1 unspecified atom stereocenters. The highest BCUT2D eigenvalue weighted by Crippen LogP contribution is 2.37. The number of imide groups is 1. The van der Waals surface area contributed by atoms with E-state index < -0.39 is 11.9 Å². The van der Waals surface area contributed by atoms with Crippen molar-refractivity contribution in [3.05, 3.63) is 105 Å². The van der Waals surface area contributed by atoms with E-state index in [2.05, 4.69) is 36.4 Å². The number of ether oxygens (including phenoxy) is 2. The first-order valence-electron chi connectivity index (χ1n) is 23.9. The molecule has 2 N–H and O–H groups in total. The van der Waals surface area contributed by atoms with E-state index in [9.17, 15) is 28.8 Å². The third-order valence-electron chi connectivity index (χ3n) is 13.0. The monoisotopic (exact) mass is 991 g/mol. The molecular weight excluding hydrogens is 931 g/mol. The number of fused-ring (bicyclic) bond motifs is 2. The van der Waals surface area contributed by atoms with E-state index in [1.807, 2.05) is 43.3 Å². The summed E-state index contributed by atoms with van der Waals surface area (Å²) in [5, 5.41) is 5.29. The molecule has 1 aromatic heterocycles.